The van der Waals surface area contributed by atoms with E-state index < -0.39 is 5.60 Å². The number of hydrogen-bond donors (Lipinski definition) is 1. The number of esters is 1. The van der Waals surface area contributed by atoms with Crippen LogP contribution in [-0.4, -0.2) is 28.6 Å². The minimum absolute atomic E-state index is 0.0230. The van der Waals surface area contributed by atoms with E-state index in [9.17, 15) is 14.7 Å². The molecular weight excluding hydrogens is 412 g/mol. The zero-order valence-corrected chi connectivity index (χ0v) is 21.8. The summed E-state index contributed by atoms with van der Waals surface area (Å²) in [6, 6.07) is 0. The summed E-state index contributed by atoms with van der Waals surface area (Å²) in [4.78, 5) is 25.0. The van der Waals surface area contributed by atoms with Crippen molar-refractivity contribution >= 4 is 11.8 Å². The highest BCUT2D eigenvalue weighted by Gasteiger charge is 2.58. The number of carbonyl (C=O) groups is 2. The third-order valence-electron chi connectivity index (χ3n) is 10.3. The predicted molar refractivity (Wildman–Crippen MR) is 131 cm³/mol. The van der Waals surface area contributed by atoms with Crippen LogP contribution in [0.5, 0.6) is 0 Å². The fourth-order valence-corrected chi connectivity index (χ4v) is 8.55. The van der Waals surface area contributed by atoms with Crippen LogP contribution in [0.15, 0.2) is 11.1 Å². The molecule has 4 aliphatic rings. The highest BCUT2D eigenvalue weighted by molar-refractivity contribution is 6.00. The zero-order chi connectivity index (χ0) is 24.2. The molecule has 4 nitrogen and oxygen atoms in total. The maximum Gasteiger partial charge on any atom is 0.302 e. The first-order valence-corrected chi connectivity index (χ1v) is 13.5. The number of fused-ring (bicyclic) bond motifs is 4. The Hall–Kier alpha value is -1.16. The van der Waals surface area contributed by atoms with Gasteiger partial charge in [-0.3, -0.25) is 9.59 Å². The molecule has 4 heteroatoms. The number of ether oxygens (including phenoxy) is 1. The fourth-order valence-electron chi connectivity index (χ4n) is 8.55. The van der Waals surface area contributed by atoms with E-state index in [-0.39, 0.29) is 22.9 Å². The van der Waals surface area contributed by atoms with Crippen molar-refractivity contribution in [2.45, 2.75) is 124 Å². The molecule has 0 aromatic heterocycles. The fraction of sp³-hybridized carbons (Fsp3) is 0.862. The maximum atomic E-state index is 13.5. The molecule has 4 aliphatic carbocycles. The van der Waals surface area contributed by atoms with Gasteiger partial charge in [-0.1, -0.05) is 39.2 Å². The standard InChI is InChI=1S/C29H46O4/c1-18(8-7-13-27(3,4)32)24-17-25(31)26-22-10-9-20-16-21(33-19(2)30)11-14-28(20,5)23(22)12-15-29(24,26)6/h18,20-21,23-24,32H,7-17H2,1-6H3/t18-,20+,21?,23+,24-,28+,29-/m1/s1. The first-order chi connectivity index (χ1) is 15.3. The molecule has 0 aromatic carbocycles. The van der Waals surface area contributed by atoms with Crippen LogP contribution in [0.2, 0.25) is 0 Å². The molecule has 0 radical (unpaired) electrons. The smallest absolute Gasteiger partial charge is 0.302 e. The molecule has 1 unspecified atom stereocenters. The highest BCUT2D eigenvalue weighted by Crippen LogP contribution is 2.65. The molecule has 0 amide bonds. The van der Waals surface area contributed by atoms with Gasteiger partial charge in [-0.2, -0.15) is 0 Å². The van der Waals surface area contributed by atoms with Crippen molar-refractivity contribution in [3.63, 3.8) is 0 Å². The molecule has 7 atom stereocenters. The van der Waals surface area contributed by atoms with Gasteiger partial charge < -0.3 is 9.84 Å². The Labute approximate surface area is 200 Å². The number of hydrogen-bond acceptors (Lipinski definition) is 4. The summed E-state index contributed by atoms with van der Waals surface area (Å²) in [5.74, 6) is 2.30. The largest absolute Gasteiger partial charge is 0.463 e. The van der Waals surface area contributed by atoms with Gasteiger partial charge in [0.2, 0.25) is 0 Å². The molecule has 4 rings (SSSR count). The Bertz CT molecular complexity index is 820. The van der Waals surface area contributed by atoms with Crippen LogP contribution in [0.4, 0.5) is 0 Å². The van der Waals surface area contributed by atoms with Gasteiger partial charge in [-0.05, 0) is 99.7 Å². The van der Waals surface area contributed by atoms with Crippen molar-refractivity contribution in [3.8, 4) is 0 Å². The lowest BCUT2D eigenvalue weighted by Crippen LogP contribution is -2.49. The maximum absolute atomic E-state index is 13.5. The van der Waals surface area contributed by atoms with Crippen LogP contribution in [0, 0.1) is 34.5 Å². The molecule has 0 heterocycles. The number of rotatable bonds is 6. The lowest BCUT2D eigenvalue weighted by molar-refractivity contribution is -0.152. The summed E-state index contributed by atoms with van der Waals surface area (Å²) in [5.41, 5.74) is 2.37. The molecule has 3 fully saturated rings. The van der Waals surface area contributed by atoms with E-state index in [4.69, 9.17) is 4.74 Å². The molecule has 0 aliphatic heterocycles. The van der Waals surface area contributed by atoms with Gasteiger partial charge in [0.05, 0.1) is 5.60 Å². The Morgan fingerprint density at radius 1 is 1.21 bits per heavy atom. The lowest BCUT2D eigenvalue weighted by Gasteiger charge is -2.56. The van der Waals surface area contributed by atoms with E-state index in [0.29, 0.717) is 35.9 Å². The van der Waals surface area contributed by atoms with E-state index in [1.54, 1.807) is 0 Å². The minimum atomic E-state index is -0.608. The Morgan fingerprint density at radius 2 is 1.94 bits per heavy atom. The molecule has 186 valence electrons. The van der Waals surface area contributed by atoms with Gasteiger partial charge in [0.15, 0.2) is 5.78 Å². The Morgan fingerprint density at radius 3 is 2.61 bits per heavy atom. The first-order valence-electron chi connectivity index (χ1n) is 13.5. The van der Waals surface area contributed by atoms with Gasteiger partial charge in [-0.25, -0.2) is 0 Å². The van der Waals surface area contributed by atoms with Gasteiger partial charge in [0.1, 0.15) is 6.10 Å². The summed E-state index contributed by atoms with van der Waals surface area (Å²) >= 11 is 0. The van der Waals surface area contributed by atoms with Gasteiger partial charge in [-0.15, -0.1) is 0 Å². The second kappa shape index (κ2) is 8.81. The second-order valence-electron chi connectivity index (χ2n) is 13.1. The zero-order valence-electron chi connectivity index (χ0n) is 21.8. The molecule has 3 saturated carbocycles. The molecule has 0 spiro atoms. The van der Waals surface area contributed by atoms with Crippen LogP contribution in [0.25, 0.3) is 0 Å². The lowest BCUT2D eigenvalue weighted by atomic mass is 9.48. The van der Waals surface area contributed by atoms with E-state index in [0.717, 1.165) is 57.8 Å². The summed E-state index contributed by atoms with van der Waals surface area (Å²) in [7, 11) is 0. The van der Waals surface area contributed by atoms with Crippen LogP contribution >= 0.6 is 0 Å². The number of ketones is 1. The van der Waals surface area contributed by atoms with Crippen LogP contribution in [0.1, 0.15) is 112 Å². The summed E-state index contributed by atoms with van der Waals surface area (Å²) < 4.78 is 5.60. The van der Waals surface area contributed by atoms with Crippen molar-refractivity contribution in [1.82, 2.24) is 0 Å². The average molecular weight is 459 g/mol. The number of Topliss-reactive ketones (excluding diaryl/α,β-unsaturated/α-hetero) is 1. The predicted octanol–water partition coefficient (Wildman–Crippen LogP) is 6.40. The average Bonchev–Trinajstić information content (AvgIpc) is 2.98. The van der Waals surface area contributed by atoms with E-state index in [2.05, 4.69) is 20.8 Å². The van der Waals surface area contributed by atoms with Crippen molar-refractivity contribution in [1.29, 1.82) is 0 Å². The molecule has 1 N–H and O–H groups in total. The van der Waals surface area contributed by atoms with Crippen molar-refractivity contribution in [3.05, 3.63) is 11.1 Å². The number of aliphatic hydroxyl groups is 1. The second-order valence-corrected chi connectivity index (χ2v) is 13.1. The van der Waals surface area contributed by atoms with E-state index in [1.807, 2.05) is 13.8 Å². The highest BCUT2D eigenvalue weighted by atomic mass is 16.5. The van der Waals surface area contributed by atoms with Crippen molar-refractivity contribution < 1.29 is 19.4 Å². The summed E-state index contributed by atoms with van der Waals surface area (Å²) in [6.07, 6.45) is 11.2. The Kier molecular flexibility index (Phi) is 6.66. The topological polar surface area (TPSA) is 63.6 Å². The third kappa shape index (κ3) is 4.58. The number of allylic oxidation sites excluding steroid dienone is 2. The normalized spacial score (nSPS) is 39.5. The van der Waals surface area contributed by atoms with Crippen LogP contribution < -0.4 is 0 Å². The summed E-state index contributed by atoms with van der Waals surface area (Å²) in [5, 5.41) is 10.1. The monoisotopic (exact) mass is 458 g/mol. The van der Waals surface area contributed by atoms with Crippen LogP contribution in [-0.2, 0) is 14.3 Å². The van der Waals surface area contributed by atoms with Crippen molar-refractivity contribution in [2.24, 2.45) is 34.5 Å². The quantitative estimate of drug-likeness (QED) is 0.468. The molecule has 0 saturated heterocycles. The third-order valence-corrected chi connectivity index (χ3v) is 10.3. The van der Waals surface area contributed by atoms with Gasteiger partial charge in [0.25, 0.3) is 0 Å². The first kappa shape index (κ1) is 24.9. The SMILES string of the molecule is CC(=O)OC1CC[C@@]2(C)[C@@H](CCC3=C4C(=O)C[C@H]([C@H](C)CCCC(C)(C)O)[C@@]4(C)CC[C@@H]32)C1. The number of carbonyl (C=O) groups excluding carboxylic acids is 2. The van der Waals surface area contributed by atoms with E-state index in [1.165, 1.54) is 24.5 Å². The van der Waals surface area contributed by atoms with Crippen molar-refractivity contribution in [2.75, 3.05) is 0 Å². The molecule has 33 heavy (non-hydrogen) atoms. The van der Waals surface area contributed by atoms with E-state index >= 15 is 0 Å². The minimum Gasteiger partial charge on any atom is -0.463 e. The van der Waals surface area contributed by atoms with Gasteiger partial charge >= 0.3 is 5.97 Å². The summed E-state index contributed by atoms with van der Waals surface area (Å²) in [6.45, 7) is 12.5. The molecular formula is C29H46O4. The molecule has 0 aromatic rings. The van der Waals surface area contributed by atoms with Crippen LogP contribution in [0.3, 0.4) is 0 Å². The van der Waals surface area contributed by atoms with Gasteiger partial charge in [0, 0.05) is 18.9 Å². The Balaban J connectivity index is 1.54. The molecule has 0 bridgehead atoms.